The van der Waals surface area contributed by atoms with E-state index in [1.165, 1.54) is 0 Å². The van der Waals surface area contributed by atoms with Crippen molar-refractivity contribution < 1.29 is 26.3 Å². The molecule has 2 aromatic carbocycles. The van der Waals surface area contributed by atoms with Crippen LogP contribution in [0.25, 0.3) is 5.57 Å². The van der Waals surface area contributed by atoms with E-state index in [9.17, 15) is 26.3 Å². The number of anilines is 1. The molecule has 0 aliphatic carbocycles. The molecule has 3 saturated heterocycles. The van der Waals surface area contributed by atoms with Crippen molar-refractivity contribution in [1.29, 1.82) is 0 Å². The van der Waals surface area contributed by atoms with Gasteiger partial charge in [0.1, 0.15) is 0 Å². The van der Waals surface area contributed by atoms with Crippen molar-refractivity contribution in [3.05, 3.63) is 83.4 Å². The van der Waals surface area contributed by atoms with Crippen LogP contribution >= 0.6 is 0 Å². The lowest BCUT2D eigenvalue weighted by Crippen LogP contribution is -2.55. The number of benzene rings is 2. The number of alkyl halides is 6. The Morgan fingerprint density at radius 3 is 2.29 bits per heavy atom. The maximum absolute atomic E-state index is 13.8. The first-order valence-electron chi connectivity index (χ1n) is 11.8. The monoisotopic (exact) mass is 492 g/mol. The maximum atomic E-state index is 13.8. The van der Waals surface area contributed by atoms with E-state index in [2.05, 4.69) is 16.8 Å². The quantitative estimate of drug-likeness (QED) is 0.358. The zero-order valence-corrected chi connectivity index (χ0v) is 19.0. The lowest BCUT2D eigenvalue weighted by atomic mass is 9.68. The first kappa shape index (κ1) is 24.0. The van der Waals surface area contributed by atoms with Gasteiger partial charge in [0, 0.05) is 36.3 Å². The molecule has 1 N–H and O–H groups in total. The van der Waals surface area contributed by atoms with Crippen molar-refractivity contribution in [3.8, 4) is 0 Å². The van der Waals surface area contributed by atoms with E-state index in [1.807, 2.05) is 36.4 Å². The van der Waals surface area contributed by atoms with Gasteiger partial charge in [0.05, 0.1) is 11.1 Å². The highest BCUT2D eigenvalue weighted by Crippen LogP contribution is 2.49. The molecule has 6 rings (SSSR count). The van der Waals surface area contributed by atoms with Crippen LogP contribution < -0.4 is 5.32 Å². The van der Waals surface area contributed by atoms with Crippen LogP contribution in [0, 0.1) is 11.8 Å². The Morgan fingerprint density at radius 2 is 1.69 bits per heavy atom. The molecule has 0 radical (unpaired) electrons. The van der Waals surface area contributed by atoms with Gasteiger partial charge < -0.3 is 5.32 Å². The Balaban J connectivity index is 1.69. The van der Waals surface area contributed by atoms with Gasteiger partial charge in [-0.3, -0.25) is 4.90 Å². The first-order chi connectivity index (χ1) is 16.6. The van der Waals surface area contributed by atoms with E-state index in [-0.39, 0.29) is 23.6 Å². The largest absolute Gasteiger partial charge is 0.416 e. The van der Waals surface area contributed by atoms with Crippen LogP contribution in [-0.4, -0.2) is 30.6 Å². The van der Waals surface area contributed by atoms with Crippen molar-refractivity contribution in [1.82, 2.24) is 4.90 Å². The molecule has 2 nitrogen and oxygen atoms in total. The van der Waals surface area contributed by atoms with Gasteiger partial charge in [0.2, 0.25) is 0 Å². The molecule has 0 saturated carbocycles. The summed E-state index contributed by atoms with van der Waals surface area (Å²) in [5.41, 5.74) is -0.0527. The highest BCUT2D eigenvalue weighted by molar-refractivity contribution is 5.83. The van der Waals surface area contributed by atoms with Crippen molar-refractivity contribution in [2.24, 2.45) is 11.8 Å². The number of fused-ring (bicyclic) bond motifs is 4. The van der Waals surface area contributed by atoms with Gasteiger partial charge in [0.15, 0.2) is 0 Å². The maximum Gasteiger partial charge on any atom is 0.416 e. The molecule has 4 heterocycles. The fourth-order valence-electron chi connectivity index (χ4n) is 6.06. The van der Waals surface area contributed by atoms with E-state index < -0.39 is 29.4 Å². The summed E-state index contributed by atoms with van der Waals surface area (Å²) in [7, 11) is 0. The number of hydrogen-bond acceptors (Lipinski definition) is 2. The third kappa shape index (κ3) is 4.48. The van der Waals surface area contributed by atoms with Crippen LogP contribution in [0.1, 0.15) is 41.0 Å². The second-order valence-electron chi connectivity index (χ2n) is 9.65. The summed E-state index contributed by atoms with van der Waals surface area (Å²) in [6.07, 6.45) is -4.29. The van der Waals surface area contributed by atoms with Gasteiger partial charge in [-0.05, 0) is 66.6 Å². The number of para-hydroxylation sites is 1. The fraction of sp³-hybridized carbons (Fsp3) is 0.407. The molecule has 0 amide bonds. The molecule has 2 aromatic rings. The summed E-state index contributed by atoms with van der Waals surface area (Å²) in [4.78, 5) is 2.23. The second kappa shape index (κ2) is 8.73. The summed E-state index contributed by atoms with van der Waals surface area (Å²) in [6, 6.07) is 9.30. The Kier molecular flexibility index (Phi) is 5.98. The molecule has 4 aliphatic heterocycles. The standard InChI is InChI=1S/C27H26F6N2/c1-2-16-15-35-10-8-17(16)13-24(35)25(22-7-9-34-23-6-4-3-5-21(22)23)18-11-19(26(28,29)30)14-20(12-18)27(31,32)33/h2-7,11-12,14,16-17,24-25,34H,1,8-10,13,15H2. The van der Waals surface area contributed by atoms with Gasteiger partial charge in [-0.25, -0.2) is 0 Å². The average Bonchev–Trinajstić information content (AvgIpc) is 2.83. The van der Waals surface area contributed by atoms with E-state index >= 15 is 0 Å². The van der Waals surface area contributed by atoms with Crippen molar-refractivity contribution in [3.63, 3.8) is 0 Å². The zero-order valence-electron chi connectivity index (χ0n) is 19.0. The molecule has 4 aliphatic rings. The molecule has 0 aromatic heterocycles. The van der Waals surface area contributed by atoms with Crippen LogP contribution in [0.5, 0.6) is 0 Å². The molecule has 0 spiro atoms. The lowest BCUT2D eigenvalue weighted by molar-refractivity contribution is -0.143. The molecule has 5 unspecified atom stereocenters. The second-order valence-corrected chi connectivity index (χ2v) is 9.65. The minimum absolute atomic E-state index is 0.0582. The van der Waals surface area contributed by atoms with Crippen molar-refractivity contribution in [2.45, 2.75) is 37.2 Å². The molecule has 2 bridgehead atoms. The van der Waals surface area contributed by atoms with Gasteiger partial charge >= 0.3 is 12.4 Å². The van der Waals surface area contributed by atoms with Gasteiger partial charge in [0.25, 0.3) is 0 Å². The predicted octanol–water partition coefficient (Wildman–Crippen LogP) is 7.21. The molecule has 8 heteroatoms. The highest BCUT2D eigenvalue weighted by atomic mass is 19.4. The van der Waals surface area contributed by atoms with Crippen LogP contribution in [-0.2, 0) is 12.4 Å². The molecular weight excluding hydrogens is 466 g/mol. The van der Waals surface area contributed by atoms with Gasteiger partial charge in [-0.1, -0.05) is 30.4 Å². The number of nitrogens with one attached hydrogen (secondary N) is 1. The van der Waals surface area contributed by atoms with Crippen molar-refractivity contribution >= 4 is 11.3 Å². The van der Waals surface area contributed by atoms with Crippen LogP contribution in [0.15, 0.2) is 61.2 Å². The third-order valence-electron chi connectivity index (χ3n) is 7.70. The van der Waals surface area contributed by atoms with Gasteiger partial charge in [-0.15, -0.1) is 6.58 Å². The van der Waals surface area contributed by atoms with E-state index in [1.54, 1.807) is 0 Å². The molecular formula is C27H26F6N2. The minimum Gasteiger partial charge on any atom is -0.381 e. The van der Waals surface area contributed by atoms with Crippen LogP contribution in [0.3, 0.4) is 0 Å². The Hall–Kier alpha value is -2.74. The van der Waals surface area contributed by atoms with Crippen LogP contribution in [0.4, 0.5) is 32.0 Å². The molecule has 186 valence electrons. The number of rotatable bonds is 4. The summed E-state index contributed by atoms with van der Waals surface area (Å²) in [5.74, 6) is -0.0344. The zero-order chi connectivity index (χ0) is 25.0. The van der Waals surface area contributed by atoms with Crippen LogP contribution in [0.2, 0.25) is 0 Å². The normalized spacial score (nSPS) is 27.0. The minimum atomic E-state index is -4.89. The number of hydrogen-bond donors (Lipinski definition) is 1. The topological polar surface area (TPSA) is 15.3 Å². The smallest absolute Gasteiger partial charge is 0.381 e. The Morgan fingerprint density at radius 1 is 1.00 bits per heavy atom. The Labute approximate surface area is 200 Å². The highest BCUT2D eigenvalue weighted by Gasteiger charge is 2.45. The number of nitrogens with zero attached hydrogens (tertiary/aromatic N) is 1. The fourth-order valence-corrected chi connectivity index (χ4v) is 6.06. The van der Waals surface area contributed by atoms with Crippen molar-refractivity contribution in [2.75, 3.05) is 25.0 Å². The lowest BCUT2D eigenvalue weighted by Gasteiger charge is -2.52. The van der Waals surface area contributed by atoms with E-state index in [0.717, 1.165) is 41.9 Å². The third-order valence-corrected chi connectivity index (χ3v) is 7.70. The van der Waals surface area contributed by atoms with E-state index in [4.69, 9.17) is 0 Å². The summed E-state index contributed by atoms with van der Waals surface area (Å²) in [5, 5.41) is 3.26. The molecule has 5 atom stereocenters. The summed E-state index contributed by atoms with van der Waals surface area (Å²) < 4.78 is 82.5. The van der Waals surface area contributed by atoms with E-state index in [0.29, 0.717) is 25.4 Å². The SMILES string of the molecule is C=CC1CN2CCC1CC2C(C1=CCNc2ccccc21)c1cc(C(F)(F)F)cc(C(F)(F)F)c1. The Bertz CT molecular complexity index is 1120. The summed E-state index contributed by atoms with van der Waals surface area (Å²) >= 11 is 0. The molecule has 3 fully saturated rings. The predicted molar refractivity (Wildman–Crippen MR) is 124 cm³/mol. The number of piperidine rings is 3. The van der Waals surface area contributed by atoms with Gasteiger partial charge in [-0.2, -0.15) is 26.3 Å². The summed E-state index contributed by atoms with van der Waals surface area (Å²) in [6.45, 7) is 5.88. The molecule has 35 heavy (non-hydrogen) atoms. The first-order valence-corrected chi connectivity index (χ1v) is 11.8. The average molecular weight is 493 g/mol. The number of halogens is 6.